The van der Waals surface area contributed by atoms with Gasteiger partial charge in [0.1, 0.15) is 17.0 Å². The fourth-order valence-corrected chi connectivity index (χ4v) is 9.51. The molecule has 0 fully saturated rings. The van der Waals surface area contributed by atoms with E-state index in [1.54, 1.807) is 11.3 Å². The maximum absolute atomic E-state index is 6.91. The van der Waals surface area contributed by atoms with Crippen LogP contribution in [0.2, 0.25) is 0 Å². The van der Waals surface area contributed by atoms with E-state index in [0.29, 0.717) is 0 Å². The molecule has 6 nitrogen and oxygen atoms in total. The molecule has 0 aliphatic heterocycles. The normalized spacial score (nSPS) is 11.9. The monoisotopic (exact) mass is 735 g/mol. The highest BCUT2D eigenvalue weighted by atomic mass is 32.1. The first-order valence-electron chi connectivity index (χ1n) is 18.6. The van der Waals surface area contributed by atoms with Crippen LogP contribution in [-0.2, 0) is 0 Å². The highest BCUT2D eigenvalue weighted by Gasteiger charge is 2.32. The smallest absolute Gasteiger partial charge is 0.136 e. The van der Waals surface area contributed by atoms with E-state index in [1.807, 2.05) is 24.4 Å². The molecule has 0 atom stereocenters. The average Bonchev–Trinajstić information content (AvgIpc) is 4.07. The predicted molar refractivity (Wildman–Crippen MR) is 231 cm³/mol. The fraction of sp³-hybridized carbons (Fsp3) is 0. The number of furan rings is 1. The standard InChI is InChI=1S/C49H29N5OS/c1-6-16-33-28(11-1)23-24-50-47(33)49-46-42(36-22-21-29-12-2-7-17-34(29)51-36)45(41-27-32-15-5-10-20-40(32)56-41)44(39-26-31-14-4-9-19-38(31)55-39)43(48(46)53-54-49)37-25-30-13-3-8-18-35(30)52-37/h1-27,52H,(H,53,54). The first kappa shape index (κ1) is 31.0. The Labute approximate surface area is 323 Å². The third-order valence-corrected chi connectivity index (χ3v) is 12.0. The van der Waals surface area contributed by atoms with Crippen molar-refractivity contribution in [3.05, 3.63) is 164 Å². The fourth-order valence-electron chi connectivity index (χ4n) is 8.39. The Morgan fingerprint density at radius 2 is 1.32 bits per heavy atom. The molecule has 12 rings (SSSR count). The van der Waals surface area contributed by atoms with Crippen molar-refractivity contribution in [3.8, 4) is 55.7 Å². The molecule has 262 valence electrons. The van der Waals surface area contributed by atoms with E-state index in [9.17, 15) is 0 Å². The number of fused-ring (bicyclic) bond motifs is 6. The van der Waals surface area contributed by atoms with Gasteiger partial charge in [-0.05, 0) is 65.4 Å². The van der Waals surface area contributed by atoms with Gasteiger partial charge in [0.05, 0.1) is 22.4 Å². The Morgan fingerprint density at radius 1 is 0.554 bits per heavy atom. The van der Waals surface area contributed by atoms with E-state index < -0.39 is 0 Å². The molecule has 7 heteroatoms. The van der Waals surface area contributed by atoms with Crippen LogP contribution in [0, 0.1) is 0 Å². The number of H-pyrrole nitrogens is 2. The second-order valence-electron chi connectivity index (χ2n) is 14.2. The van der Waals surface area contributed by atoms with E-state index in [0.717, 1.165) is 110 Å². The average molecular weight is 736 g/mol. The van der Waals surface area contributed by atoms with Gasteiger partial charge in [0, 0.05) is 76.2 Å². The zero-order chi connectivity index (χ0) is 36.7. The van der Waals surface area contributed by atoms with Crippen molar-refractivity contribution < 1.29 is 4.42 Å². The van der Waals surface area contributed by atoms with Crippen molar-refractivity contribution in [1.29, 1.82) is 0 Å². The summed E-state index contributed by atoms with van der Waals surface area (Å²) in [6.45, 7) is 0. The molecule has 0 radical (unpaired) electrons. The largest absolute Gasteiger partial charge is 0.456 e. The van der Waals surface area contributed by atoms with Gasteiger partial charge in [0.25, 0.3) is 0 Å². The van der Waals surface area contributed by atoms with Crippen LogP contribution in [0.4, 0.5) is 0 Å². The lowest BCUT2D eigenvalue weighted by molar-refractivity contribution is 0.632. The number of hydrogen-bond donors (Lipinski definition) is 2. The van der Waals surface area contributed by atoms with Crippen molar-refractivity contribution >= 4 is 75.9 Å². The Balaban J connectivity index is 1.34. The van der Waals surface area contributed by atoms with Crippen LogP contribution in [0.25, 0.3) is 120 Å². The molecular formula is C49H29N5OS. The van der Waals surface area contributed by atoms with Crippen LogP contribution in [-0.4, -0.2) is 25.1 Å². The number of thiophene rings is 1. The summed E-state index contributed by atoms with van der Waals surface area (Å²) in [4.78, 5) is 15.4. The number of benzene rings is 6. The minimum atomic E-state index is 0.760. The third-order valence-electron chi connectivity index (χ3n) is 10.9. The lowest BCUT2D eigenvalue weighted by Crippen LogP contribution is -1.98. The Kier molecular flexibility index (Phi) is 6.70. The first-order valence-corrected chi connectivity index (χ1v) is 19.4. The lowest BCUT2D eigenvalue weighted by atomic mass is 9.85. The van der Waals surface area contributed by atoms with E-state index in [2.05, 4.69) is 150 Å². The number of nitrogens with zero attached hydrogens (tertiary/aromatic N) is 3. The zero-order valence-corrected chi connectivity index (χ0v) is 30.6. The van der Waals surface area contributed by atoms with E-state index >= 15 is 0 Å². The van der Waals surface area contributed by atoms with Gasteiger partial charge in [0.2, 0.25) is 0 Å². The summed E-state index contributed by atoms with van der Waals surface area (Å²) in [6, 6.07) is 54.9. The van der Waals surface area contributed by atoms with Crippen molar-refractivity contribution in [3.63, 3.8) is 0 Å². The zero-order valence-electron chi connectivity index (χ0n) is 29.7. The van der Waals surface area contributed by atoms with Crippen LogP contribution in [0.15, 0.2) is 168 Å². The van der Waals surface area contributed by atoms with Crippen LogP contribution in [0.1, 0.15) is 0 Å². The lowest BCUT2D eigenvalue weighted by Gasteiger charge is -2.20. The summed E-state index contributed by atoms with van der Waals surface area (Å²) in [5.41, 5.74) is 10.9. The molecule has 0 unspecified atom stereocenters. The van der Waals surface area contributed by atoms with Crippen LogP contribution >= 0.6 is 11.3 Å². The van der Waals surface area contributed by atoms with Crippen LogP contribution < -0.4 is 0 Å². The molecule has 0 saturated heterocycles. The molecular weight excluding hydrogens is 707 g/mol. The number of rotatable bonds is 5. The molecule has 6 aromatic carbocycles. The molecule has 0 aliphatic rings. The van der Waals surface area contributed by atoms with Crippen LogP contribution in [0.3, 0.4) is 0 Å². The first-order chi connectivity index (χ1) is 27.7. The van der Waals surface area contributed by atoms with Gasteiger partial charge in [-0.15, -0.1) is 11.3 Å². The number of hydrogen-bond acceptors (Lipinski definition) is 5. The minimum Gasteiger partial charge on any atom is -0.456 e. The summed E-state index contributed by atoms with van der Waals surface area (Å²) in [5.74, 6) is 0.760. The molecule has 56 heavy (non-hydrogen) atoms. The predicted octanol–water partition coefficient (Wildman–Crippen LogP) is 13.4. The van der Waals surface area contributed by atoms with Crippen molar-refractivity contribution in [2.75, 3.05) is 0 Å². The highest BCUT2D eigenvalue weighted by Crippen LogP contribution is 2.54. The number of nitrogens with one attached hydrogen (secondary N) is 2. The molecule has 0 aliphatic carbocycles. The highest BCUT2D eigenvalue weighted by molar-refractivity contribution is 7.22. The van der Waals surface area contributed by atoms with Crippen molar-refractivity contribution in [2.24, 2.45) is 0 Å². The number of aromatic nitrogens is 5. The second-order valence-corrected chi connectivity index (χ2v) is 15.2. The summed E-state index contributed by atoms with van der Waals surface area (Å²) in [5, 5.41) is 16.2. The topological polar surface area (TPSA) is 83.4 Å². The Hall–Kier alpha value is -7.35. The van der Waals surface area contributed by atoms with Gasteiger partial charge >= 0.3 is 0 Å². The van der Waals surface area contributed by atoms with E-state index in [1.165, 1.54) is 10.1 Å². The molecule has 6 heterocycles. The van der Waals surface area contributed by atoms with Gasteiger partial charge < -0.3 is 9.40 Å². The number of aromatic amines is 2. The van der Waals surface area contributed by atoms with E-state index in [-0.39, 0.29) is 0 Å². The Morgan fingerprint density at radius 3 is 2.20 bits per heavy atom. The molecule has 0 spiro atoms. The quantitative estimate of drug-likeness (QED) is 0.184. The van der Waals surface area contributed by atoms with Crippen LogP contribution in [0.5, 0.6) is 0 Å². The van der Waals surface area contributed by atoms with Gasteiger partial charge in [-0.1, -0.05) is 103 Å². The number of pyridine rings is 2. The molecule has 12 aromatic rings. The molecule has 2 N–H and O–H groups in total. The van der Waals surface area contributed by atoms with Gasteiger partial charge in [-0.3, -0.25) is 10.1 Å². The maximum atomic E-state index is 6.91. The number of para-hydroxylation sites is 3. The molecule has 0 saturated carbocycles. The SMILES string of the molecule is c1ccc2nc(-c3c(-c4cc5ccccc5s4)c(-c4cc5ccccc5o4)c(-c4cc5ccccc5[nH]4)c4[nH]nc(-c5nccc6ccccc56)c34)ccc2c1. The van der Waals surface area contributed by atoms with E-state index in [4.69, 9.17) is 19.5 Å². The third kappa shape index (κ3) is 4.71. The summed E-state index contributed by atoms with van der Waals surface area (Å²) in [7, 11) is 0. The van der Waals surface area contributed by atoms with Gasteiger partial charge in [0.15, 0.2) is 0 Å². The van der Waals surface area contributed by atoms with Crippen molar-refractivity contribution in [1.82, 2.24) is 25.1 Å². The molecule has 6 aromatic heterocycles. The summed E-state index contributed by atoms with van der Waals surface area (Å²) < 4.78 is 8.11. The van der Waals surface area contributed by atoms with Gasteiger partial charge in [-0.25, -0.2) is 4.98 Å². The minimum absolute atomic E-state index is 0.760. The van der Waals surface area contributed by atoms with Gasteiger partial charge in [-0.2, -0.15) is 5.10 Å². The Bertz CT molecular complexity index is 3410. The summed E-state index contributed by atoms with van der Waals surface area (Å²) in [6.07, 6.45) is 1.88. The molecule has 0 bridgehead atoms. The molecule has 0 amide bonds. The summed E-state index contributed by atoms with van der Waals surface area (Å²) >= 11 is 1.78. The second kappa shape index (κ2) is 12.1. The maximum Gasteiger partial charge on any atom is 0.136 e. The van der Waals surface area contributed by atoms with Crippen molar-refractivity contribution in [2.45, 2.75) is 0 Å².